The van der Waals surface area contributed by atoms with Crippen LogP contribution < -0.4 is 0 Å². The van der Waals surface area contributed by atoms with Crippen LogP contribution in [0.4, 0.5) is 0 Å². The first-order valence-electron chi connectivity index (χ1n) is 6.77. The predicted molar refractivity (Wildman–Crippen MR) is 80.3 cm³/mol. The second kappa shape index (κ2) is 6.75. The lowest BCUT2D eigenvalue weighted by Gasteiger charge is -2.13. The summed E-state index contributed by atoms with van der Waals surface area (Å²) >= 11 is 0. The summed E-state index contributed by atoms with van der Waals surface area (Å²) in [5.41, 5.74) is 0.904. The highest BCUT2D eigenvalue weighted by Crippen LogP contribution is 2.18. The molecule has 0 atom stereocenters. The van der Waals surface area contributed by atoms with E-state index in [-0.39, 0.29) is 23.8 Å². The second-order valence-electron chi connectivity index (χ2n) is 4.92. The van der Waals surface area contributed by atoms with Crippen molar-refractivity contribution in [2.24, 2.45) is 5.92 Å². The average molecular weight is 280 g/mol. The lowest BCUT2D eigenvalue weighted by atomic mass is 9.86. The van der Waals surface area contributed by atoms with Crippen LogP contribution in [0.1, 0.15) is 34.1 Å². The molecule has 0 aliphatic heterocycles. The summed E-state index contributed by atoms with van der Waals surface area (Å²) in [5.74, 6) is -1.74. The Hall–Kier alpha value is -2.55. The largest absolute Gasteiger partial charge is 0.300 e. The van der Waals surface area contributed by atoms with Crippen molar-refractivity contribution in [2.75, 3.05) is 0 Å². The van der Waals surface area contributed by atoms with Crippen molar-refractivity contribution in [3.8, 4) is 0 Å². The minimum atomic E-state index is -0.952. The fourth-order valence-corrected chi connectivity index (χ4v) is 2.20. The smallest absolute Gasteiger partial charge is 0.174 e. The van der Waals surface area contributed by atoms with E-state index in [4.69, 9.17) is 0 Å². The fraction of sp³-hybridized carbons (Fsp3) is 0.167. The maximum absolute atomic E-state index is 12.5. The summed E-state index contributed by atoms with van der Waals surface area (Å²) < 4.78 is 0. The molecule has 0 heterocycles. The summed E-state index contributed by atoms with van der Waals surface area (Å²) in [6, 6.07) is 17.2. The first kappa shape index (κ1) is 14.9. The van der Waals surface area contributed by atoms with E-state index < -0.39 is 5.92 Å². The molecule has 2 rings (SSSR count). The Labute approximate surface area is 123 Å². The van der Waals surface area contributed by atoms with Crippen LogP contribution in [0.3, 0.4) is 0 Å². The van der Waals surface area contributed by atoms with Gasteiger partial charge in [0.2, 0.25) is 0 Å². The van der Waals surface area contributed by atoms with Crippen LogP contribution in [0, 0.1) is 5.92 Å². The molecule has 2 aromatic carbocycles. The molecule has 0 unspecified atom stereocenters. The highest BCUT2D eigenvalue weighted by molar-refractivity contribution is 6.17. The molecule has 0 saturated carbocycles. The minimum absolute atomic E-state index is 0.0680. The maximum atomic E-state index is 12.5. The van der Waals surface area contributed by atoms with Gasteiger partial charge in [0.25, 0.3) is 0 Å². The quantitative estimate of drug-likeness (QED) is 0.602. The summed E-state index contributed by atoms with van der Waals surface area (Å²) in [6.45, 7) is 1.39. The molecule has 0 radical (unpaired) electrons. The summed E-state index contributed by atoms with van der Waals surface area (Å²) in [7, 11) is 0. The molecule has 0 amide bonds. The number of Topliss-reactive ketones (excluding diaryl/α,β-unsaturated/α-hetero) is 3. The van der Waals surface area contributed by atoms with Crippen molar-refractivity contribution in [3.05, 3.63) is 71.8 Å². The summed E-state index contributed by atoms with van der Waals surface area (Å²) in [6.07, 6.45) is -0.0680. The molecule has 106 valence electrons. The number of carbonyl (C=O) groups is 3. The van der Waals surface area contributed by atoms with Gasteiger partial charge in [-0.3, -0.25) is 14.4 Å². The molecule has 0 aromatic heterocycles. The van der Waals surface area contributed by atoms with Gasteiger partial charge in [-0.1, -0.05) is 60.7 Å². The molecule has 0 N–H and O–H groups in total. The van der Waals surface area contributed by atoms with Crippen LogP contribution in [-0.4, -0.2) is 17.3 Å². The lowest BCUT2D eigenvalue weighted by Crippen LogP contribution is -2.26. The Balaban J connectivity index is 2.33. The van der Waals surface area contributed by atoms with Crippen LogP contribution >= 0.6 is 0 Å². The van der Waals surface area contributed by atoms with E-state index in [0.717, 1.165) is 0 Å². The molecule has 0 bridgehead atoms. The molecule has 0 spiro atoms. The zero-order chi connectivity index (χ0) is 15.2. The van der Waals surface area contributed by atoms with Crippen LogP contribution in [0.5, 0.6) is 0 Å². The first-order chi connectivity index (χ1) is 10.1. The van der Waals surface area contributed by atoms with E-state index >= 15 is 0 Å². The minimum Gasteiger partial charge on any atom is -0.300 e. The molecule has 21 heavy (non-hydrogen) atoms. The van der Waals surface area contributed by atoms with E-state index in [1.54, 1.807) is 60.7 Å². The van der Waals surface area contributed by atoms with Crippen molar-refractivity contribution < 1.29 is 14.4 Å². The number of hydrogen-bond donors (Lipinski definition) is 0. The number of hydrogen-bond acceptors (Lipinski definition) is 3. The maximum Gasteiger partial charge on any atom is 0.174 e. The Morgan fingerprint density at radius 2 is 1.14 bits per heavy atom. The van der Waals surface area contributed by atoms with E-state index in [1.807, 2.05) is 0 Å². The molecule has 0 saturated heterocycles. The van der Waals surface area contributed by atoms with Gasteiger partial charge in [-0.15, -0.1) is 0 Å². The van der Waals surface area contributed by atoms with Crippen molar-refractivity contribution >= 4 is 17.3 Å². The molecule has 3 nitrogen and oxygen atoms in total. The van der Waals surface area contributed by atoms with Gasteiger partial charge < -0.3 is 0 Å². The highest BCUT2D eigenvalue weighted by Gasteiger charge is 2.29. The van der Waals surface area contributed by atoms with E-state index in [9.17, 15) is 14.4 Å². The van der Waals surface area contributed by atoms with Crippen LogP contribution in [0.2, 0.25) is 0 Å². The third-order valence-electron chi connectivity index (χ3n) is 3.24. The summed E-state index contributed by atoms with van der Waals surface area (Å²) in [4.78, 5) is 36.5. The number of ketones is 3. The van der Waals surface area contributed by atoms with Gasteiger partial charge in [-0.2, -0.15) is 0 Å². The van der Waals surface area contributed by atoms with Gasteiger partial charge in [-0.05, 0) is 6.92 Å². The van der Waals surface area contributed by atoms with Crippen LogP contribution in [-0.2, 0) is 4.79 Å². The van der Waals surface area contributed by atoms with Crippen molar-refractivity contribution in [2.45, 2.75) is 13.3 Å². The van der Waals surface area contributed by atoms with Crippen molar-refractivity contribution in [1.29, 1.82) is 0 Å². The molecule has 0 aliphatic carbocycles. The average Bonchev–Trinajstić information content (AvgIpc) is 2.53. The molecule has 0 aliphatic rings. The fourth-order valence-electron chi connectivity index (χ4n) is 2.20. The first-order valence-corrected chi connectivity index (χ1v) is 6.77. The predicted octanol–water partition coefficient (Wildman–Crippen LogP) is 3.35. The number of carbonyl (C=O) groups excluding carboxylic acids is 3. The SMILES string of the molecule is CC(=O)CC(C(=O)c1ccccc1)C(=O)c1ccccc1. The van der Waals surface area contributed by atoms with Gasteiger partial charge in [0.1, 0.15) is 5.78 Å². The van der Waals surface area contributed by atoms with E-state index in [0.29, 0.717) is 11.1 Å². The molecule has 3 heteroatoms. The standard InChI is InChI=1S/C18H16O3/c1-13(19)12-16(17(20)14-8-4-2-5-9-14)18(21)15-10-6-3-7-11-15/h2-11,16H,12H2,1H3. The van der Waals surface area contributed by atoms with Crippen molar-refractivity contribution in [3.63, 3.8) is 0 Å². The highest BCUT2D eigenvalue weighted by atomic mass is 16.2. The molecular weight excluding hydrogens is 264 g/mol. The Morgan fingerprint density at radius 3 is 1.48 bits per heavy atom. The number of benzene rings is 2. The third-order valence-corrected chi connectivity index (χ3v) is 3.24. The normalized spacial score (nSPS) is 10.4. The molecular formula is C18H16O3. The second-order valence-corrected chi connectivity index (χ2v) is 4.92. The zero-order valence-corrected chi connectivity index (χ0v) is 11.8. The van der Waals surface area contributed by atoms with Gasteiger partial charge in [0.05, 0.1) is 5.92 Å². The van der Waals surface area contributed by atoms with Gasteiger partial charge in [-0.25, -0.2) is 0 Å². The third kappa shape index (κ3) is 3.72. The van der Waals surface area contributed by atoms with Gasteiger partial charge in [0.15, 0.2) is 11.6 Å². The Kier molecular flexibility index (Phi) is 4.77. The number of rotatable bonds is 6. The van der Waals surface area contributed by atoms with Crippen LogP contribution in [0.25, 0.3) is 0 Å². The van der Waals surface area contributed by atoms with E-state index in [2.05, 4.69) is 0 Å². The van der Waals surface area contributed by atoms with Gasteiger partial charge >= 0.3 is 0 Å². The van der Waals surface area contributed by atoms with Gasteiger partial charge in [0, 0.05) is 17.5 Å². The summed E-state index contributed by atoms with van der Waals surface area (Å²) in [5, 5.41) is 0. The van der Waals surface area contributed by atoms with E-state index in [1.165, 1.54) is 6.92 Å². The van der Waals surface area contributed by atoms with Crippen molar-refractivity contribution in [1.82, 2.24) is 0 Å². The Morgan fingerprint density at radius 1 is 0.762 bits per heavy atom. The molecule has 0 fully saturated rings. The lowest BCUT2D eigenvalue weighted by molar-refractivity contribution is -0.117. The van der Waals surface area contributed by atoms with Crippen LogP contribution in [0.15, 0.2) is 60.7 Å². The topological polar surface area (TPSA) is 51.2 Å². The molecule has 2 aromatic rings. The Bertz CT molecular complexity index is 593. The monoisotopic (exact) mass is 280 g/mol. The zero-order valence-electron chi connectivity index (χ0n) is 11.8.